The monoisotopic (exact) mass is 243 g/mol. The number of amides is 1. The first-order chi connectivity index (χ1) is 8.75. The fraction of sp³-hybridized carbons (Fsp3) is 0.562. The summed E-state index contributed by atoms with van der Waals surface area (Å²) in [5.74, 6) is 1.06. The van der Waals surface area contributed by atoms with E-state index < -0.39 is 0 Å². The summed E-state index contributed by atoms with van der Waals surface area (Å²) < 4.78 is 0. The van der Waals surface area contributed by atoms with E-state index in [9.17, 15) is 4.79 Å². The molecule has 0 radical (unpaired) electrons. The number of rotatable bonds is 2. The first-order valence-corrected chi connectivity index (χ1v) is 7.16. The maximum atomic E-state index is 12.1. The third-order valence-corrected chi connectivity index (χ3v) is 4.54. The Kier molecular flexibility index (Phi) is 3.11. The topological polar surface area (TPSA) is 29.1 Å². The number of benzene rings is 1. The van der Waals surface area contributed by atoms with Crippen molar-refractivity contribution >= 4 is 11.6 Å². The Labute approximate surface area is 109 Å². The largest absolute Gasteiger partial charge is 0.325 e. The maximum absolute atomic E-state index is 12.1. The summed E-state index contributed by atoms with van der Waals surface area (Å²) in [4.78, 5) is 12.1. The van der Waals surface area contributed by atoms with Gasteiger partial charge in [0.15, 0.2) is 0 Å². The van der Waals surface area contributed by atoms with Gasteiger partial charge < -0.3 is 5.32 Å². The molecule has 1 aliphatic heterocycles. The van der Waals surface area contributed by atoms with Crippen molar-refractivity contribution in [3.8, 4) is 0 Å². The predicted octanol–water partition coefficient (Wildman–Crippen LogP) is 4.00. The molecule has 1 aliphatic carbocycles. The molecular weight excluding hydrogens is 222 g/mol. The average molecular weight is 243 g/mol. The number of carbonyl (C=O) groups is 1. The third-order valence-electron chi connectivity index (χ3n) is 4.54. The number of hydrogen-bond donors (Lipinski definition) is 1. The molecule has 18 heavy (non-hydrogen) atoms. The van der Waals surface area contributed by atoms with Gasteiger partial charge in [0.1, 0.15) is 0 Å². The number of hydrogen-bond acceptors (Lipinski definition) is 1. The summed E-state index contributed by atoms with van der Waals surface area (Å²) in [5, 5.41) is 3.07. The van der Waals surface area contributed by atoms with E-state index in [1.54, 1.807) is 0 Å². The van der Waals surface area contributed by atoms with E-state index in [4.69, 9.17) is 0 Å². The van der Waals surface area contributed by atoms with E-state index >= 15 is 0 Å². The molecule has 3 rings (SSSR count). The zero-order chi connectivity index (χ0) is 12.5. The molecule has 2 aliphatic rings. The molecule has 0 bridgehead atoms. The number of para-hydroxylation sites is 1. The van der Waals surface area contributed by atoms with Crippen molar-refractivity contribution in [1.29, 1.82) is 0 Å². The first-order valence-electron chi connectivity index (χ1n) is 7.16. The van der Waals surface area contributed by atoms with E-state index in [-0.39, 0.29) is 11.8 Å². The molecule has 1 saturated carbocycles. The second-order valence-electron chi connectivity index (χ2n) is 5.82. The standard InChI is InChI=1S/C16H21NO/c1-11-6-5-9-13-14(16(18)17-15(11)13)10-12-7-3-2-4-8-12/h5-6,9,12,14H,2-4,7-8,10H2,1H3,(H,17,18). The van der Waals surface area contributed by atoms with Crippen molar-refractivity contribution in [2.75, 3.05) is 5.32 Å². The number of carbonyl (C=O) groups excluding carboxylic acids is 1. The minimum Gasteiger partial charge on any atom is -0.325 e. The van der Waals surface area contributed by atoms with Crippen LogP contribution in [0.25, 0.3) is 0 Å². The van der Waals surface area contributed by atoms with Crippen LogP contribution < -0.4 is 5.32 Å². The smallest absolute Gasteiger partial charge is 0.232 e. The predicted molar refractivity (Wildman–Crippen MR) is 73.7 cm³/mol. The molecule has 1 fully saturated rings. The van der Waals surface area contributed by atoms with Crippen molar-refractivity contribution in [3.05, 3.63) is 29.3 Å². The summed E-state index contributed by atoms with van der Waals surface area (Å²) in [6.45, 7) is 2.07. The summed E-state index contributed by atoms with van der Waals surface area (Å²) in [6, 6.07) is 6.26. The van der Waals surface area contributed by atoms with Gasteiger partial charge >= 0.3 is 0 Å². The molecule has 1 N–H and O–H groups in total. The molecule has 2 nitrogen and oxygen atoms in total. The van der Waals surface area contributed by atoms with Gasteiger partial charge in [-0.15, -0.1) is 0 Å². The minimum atomic E-state index is 0.1000. The molecule has 1 unspecified atom stereocenters. The fourth-order valence-corrected chi connectivity index (χ4v) is 3.49. The van der Waals surface area contributed by atoms with Gasteiger partial charge in [-0.3, -0.25) is 4.79 Å². The van der Waals surface area contributed by atoms with E-state index in [2.05, 4.69) is 30.4 Å². The molecule has 96 valence electrons. The summed E-state index contributed by atoms with van der Waals surface area (Å²) >= 11 is 0. The van der Waals surface area contributed by atoms with Crippen molar-refractivity contribution in [2.24, 2.45) is 5.92 Å². The van der Waals surface area contributed by atoms with Crippen LogP contribution in [0.3, 0.4) is 0 Å². The molecule has 0 aromatic heterocycles. The highest BCUT2D eigenvalue weighted by molar-refractivity contribution is 6.03. The van der Waals surface area contributed by atoms with E-state index in [1.165, 1.54) is 43.2 Å². The molecule has 1 amide bonds. The van der Waals surface area contributed by atoms with Gasteiger partial charge in [-0.1, -0.05) is 50.3 Å². The quantitative estimate of drug-likeness (QED) is 0.835. The molecule has 0 saturated heterocycles. The molecule has 1 atom stereocenters. The van der Waals surface area contributed by atoms with Gasteiger partial charge in [0.05, 0.1) is 5.92 Å². The lowest BCUT2D eigenvalue weighted by atomic mass is 9.81. The molecule has 1 heterocycles. The van der Waals surface area contributed by atoms with Gasteiger partial charge in [0, 0.05) is 5.69 Å². The Morgan fingerprint density at radius 1 is 1.22 bits per heavy atom. The van der Waals surface area contributed by atoms with Crippen LogP contribution in [0.5, 0.6) is 0 Å². The second kappa shape index (κ2) is 4.75. The van der Waals surface area contributed by atoms with Crippen LogP contribution in [0, 0.1) is 12.8 Å². The third kappa shape index (κ3) is 2.05. The zero-order valence-corrected chi connectivity index (χ0v) is 11.0. The molecular formula is C16H21NO. The highest BCUT2D eigenvalue weighted by atomic mass is 16.2. The maximum Gasteiger partial charge on any atom is 0.232 e. The molecule has 1 aromatic rings. The van der Waals surface area contributed by atoms with Gasteiger partial charge in [0.2, 0.25) is 5.91 Å². The lowest BCUT2D eigenvalue weighted by Gasteiger charge is -2.23. The Balaban J connectivity index is 1.81. The Bertz CT molecular complexity index is 460. The highest BCUT2D eigenvalue weighted by Crippen LogP contribution is 2.41. The average Bonchev–Trinajstić information content (AvgIpc) is 2.70. The number of fused-ring (bicyclic) bond motifs is 1. The van der Waals surface area contributed by atoms with Crippen molar-refractivity contribution in [2.45, 2.75) is 51.4 Å². The van der Waals surface area contributed by atoms with Crippen molar-refractivity contribution in [3.63, 3.8) is 0 Å². The van der Waals surface area contributed by atoms with Crippen LogP contribution in [0.4, 0.5) is 5.69 Å². The minimum absolute atomic E-state index is 0.1000. The summed E-state index contributed by atoms with van der Waals surface area (Å²) in [7, 11) is 0. The van der Waals surface area contributed by atoms with Gasteiger partial charge in [-0.05, 0) is 30.4 Å². The Hall–Kier alpha value is -1.31. The molecule has 1 aromatic carbocycles. The van der Waals surface area contributed by atoms with Crippen molar-refractivity contribution < 1.29 is 4.79 Å². The number of nitrogens with one attached hydrogen (secondary N) is 1. The van der Waals surface area contributed by atoms with Crippen molar-refractivity contribution in [1.82, 2.24) is 0 Å². The van der Waals surface area contributed by atoms with Gasteiger partial charge in [-0.25, -0.2) is 0 Å². The van der Waals surface area contributed by atoms with Gasteiger partial charge in [0.25, 0.3) is 0 Å². The van der Waals surface area contributed by atoms with E-state index in [0.29, 0.717) is 0 Å². The zero-order valence-electron chi connectivity index (χ0n) is 11.0. The first kappa shape index (κ1) is 11.8. The van der Waals surface area contributed by atoms with Crippen LogP contribution in [0.1, 0.15) is 55.6 Å². The van der Waals surface area contributed by atoms with Crippen LogP contribution in [-0.4, -0.2) is 5.91 Å². The molecule has 0 spiro atoms. The van der Waals surface area contributed by atoms with E-state index in [0.717, 1.165) is 18.0 Å². The van der Waals surface area contributed by atoms with E-state index in [1.807, 2.05) is 0 Å². The van der Waals surface area contributed by atoms with Crippen LogP contribution in [0.15, 0.2) is 18.2 Å². The number of anilines is 1. The van der Waals surface area contributed by atoms with Gasteiger partial charge in [-0.2, -0.15) is 0 Å². The summed E-state index contributed by atoms with van der Waals surface area (Å²) in [6.07, 6.45) is 7.74. The lowest BCUT2D eigenvalue weighted by Crippen LogP contribution is -2.17. The Morgan fingerprint density at radius 2 is 2.00 bits per heavy atom. The normalized spacial score (nSPS) is 23.8. The number of aryl methyl sites for hydroxylation is 1. The molecule has 2 heteroatoms. The van der Waals surface area contributed by atoms with Crippen LogP contribution in [-0.2, 0) is 4.79 Å². The summed E-state index contributed by atoms with van der Waals surface area (Å²) in [5.41, 5.74) is 3.49. The van der Waals surface area contributed by atoms with Crippen LogP contribution in [0.2, 0.25) is 0 Å². The highest BCUT2D eigenvalue weighted by Gasteiger charge is 2.33. The fourth-order valence-electron chi connectivity index (χ4n) is 3.49. The lowest BCUT2D eigenvalue weighted by molar-refractivity contribution is -0.117. The second-order valence-corrected chi connectivity index (χ2v) is 5.82. The SMILES string of the molecule is Cc1cccc2c1NC(=O)C2CC1CCCCC1. The Morgan fingerprint density at radius 3 is 2.78 bits per heavy atom. The van der Waals surface area contributed by atoms with Crippen LogP contribution >= 0.6 is 0 Å².